The number of amides is 2. The molecule has 18 nitrogen and oxygen atoms in total. The number of carboxylic acids is 1. The normalized spacial score (nSPS) is 10.9. The van der Waals surface area contributed by atoms with Gasteiger partial charge in [-0.1, -0.05) is 6.42 Å². The zero-order chi connectivity index (χ0) is 27.9. The fourth-order valence-electron chi connectivity index (χ4n) is 2.69. The Morgan fingerprint density at radius 2 is 1.27 bits per heavy atom. The maximum absolute atomic E-state index is 11.7. The summed E-state index contributed by atoms with van der Waals surface area (Å²) in [5, 5.41) is 42.1. The molecule has 0 aliphatic rings. The first kappa shape index (κ1) is 32.9. The van der Waals surface area contributed by atoms with Crippen LogP contribution in [0, 0.1) is 25.6 Å². The zero-order valence-corrected chi connectivity index (χ0v) is 20.3. The van der Waals surface area contributed by atoms with Crippen LogP contribution in [0.25, 0.3) is 0 Å². The third-order valence-corrected chi connectivity index (χ3v) is 4.48. The summed E-state index contributed by atoms with van der Waals surface area (Å²) >= 11 is 0. The van der Waals surface area contributed by atoms with E-state index < -0.39 is 34.4 Å². The van der Waals surface area contributed by atoms with Gasteiger partial charge in [-0.3, -0.25) is 10.7 Å². The Balaban J connectivity index is 3.87. The van der Waals surface area contributed by atoms with Crippen molar-refractivity contribution in [3.63, 3.8) is 0 Å². The standard InChI is InChI=1S/C19H34N6O12/c20-17(23-19(29)35-11-4-1-2-6-13-36-24(30)31)21-10-8-9-15(16(26)27)22-18(28)34-12-5-3-7-14-37-25(32)33/h15H,1-14H2,(H,22,28)(H,26,27)(H3,20,21,23,29). The number of rotatable bonds is 21. The second-order valence-corrected chi connectivity index (χ2v) is 7.46. The van der Waals surface area contributed by atoms with E-state index in [9.17, 15) is 39.7 Å². The van der Waals surface area contributed by atoms with Crippen LogP contribution in [0.3, 0.4) is 0 Å². The molecule has 0 aromatic carbocycles. The van der Waals surface area contributed by atoms with Crippen LogP contribution in [0.2, 0.25) is 0 Å². The molecule has 0 saturated heterocycles. The molecule has 0 fully saturated rings. The molecule has 5 N–H and O–H groups in total. The van der Waals surface area contributed by atoms with E-state index in [2.05, 4.69) is 25.6 Å². The van der Waals surface area contributed by atoms with Crippen molar-refractivity contribution in [2.45, 2.75) is 63.8 Å². The summed E-state index contributed by atoms with van der Waals surface area (Å²) in [5.74, 6) is -1.61. The first-order chi connectivity index (χ1) is 17.6. The fourth-order valence-corrected chi connectivity index (χ4v) is 2.69. The number of alkyl carbamates (subject to hydrolysis) is 2. The van der Waals surface area contributed by atoms with Crippen LogP contribution in [-0.4, -0.2) is 78.4 Å². The Morgan fingerprint density at radius 3 is 1.78 bits per heavy atom. The fraction of sp³-hybridized carbons (Fsp3) is 0.789. The van der Waals surface area contributed by atoms with Crippen LogP contribution < -0.4 is 16.0 Å². The van der Waals surface area contributed by atoms with E-state index in [4.69, 9.17) is 14.9 Å². The van der Waals surface area contributed by atoms with Gasteiger partial charge in [0.1, 0.15) is 6.04 Å². The molecule has 0 aliphatic carbocycles. The van der Waals surface area contributed by atoms with Crippen molar-refractivity contribution in [1.29, 1.82) is 5.41 Å². The molecular weight excluding hydrogens is 504 g/mol. The summed E-state index contributed by atoms with van der Waals surface area (Å²) in [5.41, 5.74) is 0. The molecule has 0 aliphatic heterocycles. The average Bonchev–Trinajstić information content (AvgIpc) is 2.81. The Labute approximate surface area is 212 Å². The average molecular weight is 539 g/mol. The Kier molecular flexibility index (Phi) is 18.8. The second kappa shape index (κ2) is 21.2. The lowest BCUT2D eigenvalue weighted by atomic mass is 10.1. The quantitative estimate of drug-likeness (QED) is 0.0455. The third kappa shape index (κ3) is 22.1. The summed E-state index contributed by atoms with van der Waals surface area (Å²) < 4.78 is 9.79. The van der Waals surface area contributed by atoms with Gasteiger partial charge in [-0.05, 0) is 51.4 Å². The van der Waals surface area contributed by atoms with Crippen LogP contribution in [-0.2, 0) is 23.9 Å². The van der Waals surface area contributed by atoms with Gasteiger partial charge in [0.15, 0.2) is 5.96 Å². The molecule has 1 unspecified atom stereocenters. The molecule has 0 saturated carbocycles. The highest BCUT2D eigenvalue weighted by atomic mass is 17.0. The van der Waals surface area contributed by atoms with Crippen LogP contribution in [0.15, 0.2) is 0 Å². The van der Waals surface area contributed by atoms with E-state index >= 15 is 0 Å². The van der Waals surface area contributed by atoms with Crippen LogP contribution in [0.1, 0.15) is 57.8 Å². The minimum absolute atomic E-state index is 0.00995. The van der Waals surface area contributed by atoms with E-state index in [1.807, 2.05) is 0 Å². The predicted molar refractivity (Wildman–Crippen MR) is 124 cm³/mol. The molecule has 212 valence electrons. The maximum atomic E-state index is 11.7. The van der Waals surface area contributed by atoms with Gasteiger partial charge < -0.3 is 34.9 Å². The highest BCUT2D eigenvalue weighted by Crippen LogP contribution is 2.02. The van der Waals surface area contributed by atoms with Crippen molar-refractivity contribution in [3.05, 3.63) is 20.2 Å². The molecule has 0 aromatic rings. The molecular formula is C19H34N6O12. The molecule has 0 spiro atoms. The van der Waals surface area contributed by atoms with E-state index in [-0.39, 0.29) is 51.8 Å². The summed E-state index contributed by atoms with van der Waals surface area (Å²) in [6.07, 6.45) is 2.26. The lowest BCUT2D eigenvalue weighted by Gasteiger charge is -2.15. The molecule has 37 heavy (non-hydrogen) atoms. The number of carboxylic acid groups (broad SMARTS) is 1. The summed E-state index contributed by atoms with van der Waals surface area (Å²) in [7, 11) is 0. The van der Waals surface area contributed by atoms with Crippen molar-refractivity contribution in [1.82, 2.24) is 16.0 Å². The van der Waals surface area contributed by atoms with Gasteiger partial charge in [0.2, 0.25) is 0 Å². The van der Waals surface area contributed by atoms with Gasteiger partial charge in [0, 0.05) is 6.54 Å². The van der Waals surface area contributed by atoms with Crippen LogP contribution in [0.5, 0.6) is 0 Å². The van der Waals surface area contributed by atoms with Gasteiger partial charge in [-0.2, -0.15) is 0 Å². The summed E-state index contributed by atoms with van der Waals surface area (Å²) in [4.78, 5) is 63.0. The van der Waals surface area contributed by atoms with Gasteiger partial charge in [0.05, 0.1) is 26.4 Å². The third-order valence-electron chi connectivity index (χ3n) is 4.48. The van der Waals surface area contributed by atoms with Gasteiger partial charge in [0.25, 0.3) is 10.2 Å². The number of aliphatic carboxylic acids is 1. The van der Waals surface area contributed by atoms with Crippen molar-refractivity contribution < 1.29 is 48.8 Å². The molecule has 1 atom stereocenters. The lowest BCUT2D eigenvalue weighted by Crippen LogP contribution is -2.43. The molecule has 0 rings (SSSR count). The van der Waals surface area contributed by atoms with E-state index in [1.165, 1.54) is 0 Å². The summed E-state index contributed by atoms with van der Waals surface area (Å²) in [6, 6.07) is -1.22. The SMILES string of the molecule is N=C(NCCCC(NC(=O)OCCCCCO[N+](=O)[O-])C(=O)O)NC(=O)OCCCCCCO[N+](=O)[O-]. The second-order valence-electron chi connectivity index (χ2n) is 7.46. The first-order valence-electron chi connectivity index (χ1n) is 11.6. The lowest BCUT2D eigenvalue weighted by molar-refractivity contribution is -0.757. The topological polar surface area (TPSA) is 255 Å². The zero-order valence-electron chi connectivity index (χ0n) is 20.3. The van der Waals surface area contributed by atoms with Crippen molar-refractivity contribution in [2.75, 3.05) is 33.0 Å². The van der Waals surface area contributed by atoms with Gasteiger partial charge >= 0.3 is 18.2 Å². The number of carbonyl (C=O) groups excluding carboxylic acids is 2. The number of nitrogens with zero attached hydrogens (tertiary/aromatic N) is 2. The minimum Gasteiger partial charge on any atom is -0.480 e. The van der Waals surface area contributed by atoms with Gasteiger partial charge in [-0.25, -0.2) is 14.4 Å². The first-order valence-corrected chi connectivity index (χ1v) is 11.6. The molecule has 0 aromatic heterocycles. The molecule has 0 heterocycles. The molecule has 2 amide bonds. The van der Waals surface area contributed by atoms with Gasteiger partial charge in [-0.15, -0.1) is 20.2 Å². The predicted octanol–water partition coefficient (Wildman–Crippen LogP) is 1.34. The number of carbonyl (C=O) groups is 3. The molecule has 0 radical (unpaired) electrons. The summed E-state index contributed by atoms with van der Waals surface area (Å²) in [6.45, 7) is 0.203. The number of nitrogens with one attached hydrogen (secondary N) is 4. The molecule has 0 bridgehead atoms. The smallest absolute Gasteiger partial charge is 0.413 e. The minimum atomic E-state index is -1.27. The number of guanidine groups is 1. The monoisotopic (exact) mass is 538 g/mol. The number of hydrogen-bond donors (Lipinski definition) is 5. The van der Waals surface area contributed by atoms with Crippen LogP contribution in [0.4, 0.5) is 9.59 Å². The van der Waals surface area contributed by atoms with Crippen molar-refractivity contribution in [3.8, 4) is 0 Å². The Morgan fingerprint density at radius 1 is 0.784 bits per heavy atom. The largest absolute Gasteiger partial charge is 0.480 e. The maximum Gasteiger partial charge on any atom is 0.413 e. The van der Waals surface area contributed by atoms with E-state index in [1.54, 1.807) is 0 Å². The Bertz CT molecular complexity index is 738. The highest BCUT2D eigenvalue weighted by molar-refractivity contribution is 5.91. The Hall–Kier alpha value is -4.12. The van der Waals surface area contributed by atoms with Crippen molar-refractivity contribution in [2.24, 2.45) is 0 Å². The highest BCUT2D eigenvalue weighted by Gasteiger charge is 2.20. The van der Waals surface area contributed by atoms with E-state index in [0.29, 0.717) is 44.9 Å². The van der Waals surface area contributed by atoms with Crippen molar-refractivity contribution >= 4 is 24.1 Å². The number of hydrogen-bond acceptors (Lipinski definition) is 12. The van der Waals surface area contributed by atoms with E-state index in [0.717, 1.165) is 0 Å². The number of unbranched alkanes of at least 4 members (excludes halogenated alkanes) is 5. The van der Waals surface area contributed by atoms with Crippen LogP contribution >= 0.6 is 0 Å². The molecule has 18 heteroatoms. The number of ether oxygens (including phenoxy) is 2.